The van der Waals surface area contributed by atoms with E-state index in [9.17, 15) is 24.3 Å². The van der Waals surface area contributed by atoms with Gasteiger partial charge >= 0.3 is 0 Å². The summed E-state index contributed by atoms with van der Waals surface area (Å²) < 4.78 is 1.80. The molecule has 3 atom stereocenters. The number of carboxylic acid groups (broad SMARTS) is 1. The third-order valence-corrected chi connectivity index (χ3v) is 7.55. The molecule has 1 fully saturated rings. The number of hydrogen-bond acceptors (Lipinski definition) is 10. The Labute approximate surface area is 226 Å². The molecule has 2 aromatic heterocycles. The first-order chi connectivity index (χ1) is 19.0. The van der Waals surface area contributed by atoms with Gasteiger partial charge in [-0.1, -0.05) is 17.3 Å². The van der Waals surface area contributed by atoms with Crippen LogP contribution in [0.25, 0.3) is 0 Å². The van der Waals surface area contributed by atoms with Gasteiger partial charge in [0.2, 0.25) is 12.1 Å². The zero-order valence-electron chi connectivity index (χ0n) is 20.4. The SMILES string of the molecule is O=CNc1ccnc(C(=NOC2C=CCC2)C(=O)NC2C(=O)N3C(C(=O)[O-])=C(C[n+]4ccccc4)CS[C@H]23)n1. The van der Waals surface area contributed by atoms with Gasteiger partial charge in [0.25, 0.3) is 11.8 Å². The molecular formula is C25H23N7O6S. The minimum Gasteiger partial charge on any atom is -0.543 e. The fourth-order valence-corrected chi connectivity index (χ4v) is 5.71. The van der Waals surface area contributed by atoms with Crippen molar-refractivity contribution < 1.29 is 33.7 Å². The van der Waals surface area contributed by atoms with E-state index in [0.29, 0.717) is 24.2 Å². The lowest BCUT2D eigenvalue weighted by molar-refractivity contribution is -0.689. The predicted octanol–water partition coefficient (Wildman–Crippen LogP) is -1.12. The van der Waals surface area contributed by atoms with Crippen molar-refractivity contribution in [2.24, 2.45) is 5.16 Å². The summed E-state index contributed by atoms with van der Waals surface area (Å²) in [6.07, 6.45) is 10.3. The number of aromatic nitrogens is 3. The standard InChI is InChI=1S/C25H23N7O6S/c33-14-27-17-8-9-26-21(28-17)18(30-38-16-6-2-3-7-16)22(34)29-19-23(35)32-20(25(36)37)15(13-39-24(19)32)12-31-10-4-1-5-11-31/h1-2,4-6,8-11,14,16,19,24H,3,7,12-13H2,(H2-,26,27,28,29,33,34,36,37)/t16?,19?,24-/m1/s1. The van der Waals surface area contributed by atoms with Crippen molar-refractivity contribution in [1.82, 2.24) is 20.2 Å². The number of fused-ring (bicyclic) bond motifs is 1. The topological polar surface area (TPSA) is 170 Å². The van der Waals surface area contributed by atoms with Crippen molar-refractivity contribution >= 4 is 47.5 Å². The molecule has 14 heteroatoms. The molecule has 39 heavy (non-hydrogen) atoms. The Morgan fingerprint density at radius 2 is 2.13 bits per heavy atom. The monoisotopic (exact) mass is 549 g/mol. The van der Waals surface area contributed by atoms with E-state index in [1.165, 1.54) is 24.0 Å². The second kappa shape index (κ2) is 11.4. The zero-order valence-corrected chi connectivity index (χ0v) is 21.2. The number of anilines is 1. The van der Waals surface area contributed by atoms with Crippen molar-refractivity contribution in [3.05, 3.63) is 72.1 Å². The van der Waals surface area contributed by atoms with Crippen molar-refractivity contribution in [3.63, 3.8) is 0 Å². The first kappa shape index (κ1) is 26.0. The van der Waals surface area contributed by atoms with Crippen molar-refractivity contribution in [2.75, 3.05) is 11.1 Å². The maximum absolute atomic E-state index is 13.3. The number of carbonyl (C=O) groups excluding carboxylic acids is 4. The fourth-order valence-electron chi connectivity index (χ4n) is 4.37. The number of aliphatic carboxylic acids is 1. The van der Waals surface area contributed by atoms with Crippen LogP contribution in [0.2, 0.25) is 0 Å². The molecule has 2 aliphatic heterocycles. The van der Waals surface area contributed by atoms with Crippen LogP contribution in [0, 0.1) is 0 Å². The van der Waals surface area contributed by atoms with E-state index in [1.54, 1.807) is 17.0 Å². The van der Waals surface area contributed by atoms with Crippen LogP contribution >= 0.6 is 11.8 Å². The number of carboxylic acids is 1. The molecule has 0 saturated carbocycles. The maximum Gasteiger partial charge on any atom is 0.278 e. The Kier molecular flexibility index (Phi) is 7.63. The Morgan fingerprint density at radius 3 is 2.85 bits per heavy atom. The molecule has 2 N–H and O–H groups in total. The number of nitrogens with one attached hydrogen (secondary N) is 2. The summed E-state index contributed by atoms with van der Waals surface area (Å²) in [5.74, 6) is -2.50. The number of carbonyl (C=O) groups is 4. The molecule has 0 spiro atoms. The van der Waals surface area contributed by atoms with E-state index in [1.807, 2.05) is 30.4 Å². The van der Waals surface area contributed by atoms with E-state index in [2.05, 4.69) is 25.8 Å². The van der Waals surface area contributed by atoms with Gasteiger partial charge in [-0.3, -0.25) is 19.3 Å². The summed E-state index contributed by atoms with van der Waals surface area (Å²) in [6.45, 7) is 0.275. The van der Waals surface area contributed by atoms with Gasteiger partial charge < -0.3 is 25.4 Å². The van der Waals surface area contributed by atoms with Gasteiger partial charge in [-0.15, -0.1) is 11.8 Å². The van der Waals surface area contributed by atoms with E-state index in [-0.39, 0.29) is 35.7 Å². The second-order valence-corrected chi connectivity index (χ2v) is 9.87. The van der Waals surface area contributed by atoms with Crippen LogP contribution in [0.3, 0.4) is 0 Å². The number of hydrogen-bond donors (Lipinski definition) is 2. The summed E-state index contributed by atoms with van der Waals surface area (Å²) in [5, 5.41) is 20.4. The predicted molar refractivity (Wildman–Crippen MR) is 135 cm³/mol. The summed E-state index contributed by atoms with van der Waals surface area (Å²) in [4.78, 5) is 64.2. The molecule has 1 saturated heterocycles. The average molecular weight is 550 g/mol. The first-order valence-corrected chi connectivity index (χ1v) is 13.1. The summed E-state index contributed by atoms with van der Waals surface area (Å²) in [5.41, 5.74) is 0.0410. The van der Waals surface area contributed by atoms with E-state index in [4.69, 9.17) is 4.84 Å². The lowest BCUT2D eigenvalue weighted by Gasteiger charge is -2.50. The molecule has 2 unspecified atom stereocenters. The number of oxime groups is 1. The van der Waals surface area contributed by atoms with Crippen molar-refractivity contribution in [3.8, 4) is 0 Å². The Hall–Kier alpha value is -4.59. The van der Waals surface area contributed by atoms with Crippen molar-refractivity contribution in [1.29, 1.82) is 0 Å². The molecule has 4 heterocycles. The number of thioether (sulfide) groups is 1. The maximum atomic E-state index is 13.3. The van der Waals surface area contributed by atoms with E-state index >= 15 is 0 Å². The van der Waals surface area contributed by atoms with Crippen LogP contribution in [0.4, 0.5) is 5.82 Å². The number of allylic oxidation sites excluding steroid dienone is 1. The van der Waals surface area contributed by atoms with Gasteiger partial charge in [0, 0.05) is 29.7 Å². The Bertz CT molecular complexity index is 1400. The number of nitrogens with zero attached hydrogens (tertiary/aromatic N) is 5. The minimum atomic E-state index is -1.46. The largest absolute Gasteiger partial charge is 0.543 e. The third kappa shape index (κ3) is 5.50. The molecule has 5 rings (SSSR count). The fraction of sp³-hybridized carbons (Fsp3) is 0.280. The quantitative estimate of drug-likeness (QED) is 0.0930. The molecular weight excluding hydrogens is 526 g/mol. The van der Waals surface area contributed by atoms with Gasteiger partial charge in [-0.05, 0) is 25.0 Å². The first-order valence-electron chi connectivity index (χ1n) is 12.0. The van der Waals surface area contributed by atoms with Gasteiger partial charge in [0.1, 0.15) is 23.3 Å². The molecule has 1 aliphatic carbocycles. The highest BCUT2D eigenvalue weighted by Gasteiger charge is 2.53. The molecule has 13 nitrogen and oxygen atoms in total. The number of amides is 3. The van der Waals surface area contributed by atoms with Crippen LogP contribution in [0.5, 0.6) is 0 Å². The summed E-state index contributed by atoms with van der Waals surface area (Å²) in [7, 11) is 0. The smallest absolute Gasteiger partial charge is 0.278 e. The number of rotatable bonds is 10. The molecule has 3 aliphatic rings. The van der Waals surface area contributed by atoms with Crippen LogP contribution in [-0.2, 0) is 30.6 Å². The molecule has 2 aromatic rings. The third-order valence-electron chi connectivity index (χ3n) is 6.22. The van der Waals surface area contributed by atoms with Crippen LogP contribution < -0.4 is 20.3 Å². The highest BCUT2D eigenvalue weighted by molar-refractivity contribution is 8.00. The molecule has 3 amide bonds. The van der Waals surface area contributed by atoms with E-state index < -0.39 is 29.2 Å². The highest BCUT2D eigenvalue weighted by Crippen LogP contribution is 2.40. The zero-order chi connectivity index (χ0) is 27.4. The number of β-lactam (4-membered cyclic amide) rings is 1. The van der Waals surface area contributed by atoms with Gasteiger partial charge in [0.15, 0.2) is 24.8 Å². The Balaban J connectivity index is 1.36. The summed E-state index contributed by atoms with van der Waals surface area (Å²) in [6, 6.07) is 5.89. The number of pyridine rings is 1. The Morgan fingerprint density at radius 1 is 1.31 bits per heavy atom. The lowest BCUT2D eigenvalue weighted by atomic mass is 10.0. The molecule has 0 bridgehead atoms. The van der Waals surface area contributed by atoms with Crippen LogP contribution in [0.1, 0.15) is 18.7 Å². The minimum absolute atomic E-state index is 0.126. The highest BCUT2D eigenvalue weighted by atomic mass is 32.2. The second-order valence-electron chi connectivity index (χ2n) is 8.77. The normalized spacial score (nSPS) is 22.2. The van der Waals surface area contributed by atoms with Gasteiger partial charge in [-0.2, -0.15) is 0 Å². The average Bonchev–Trinajstić information content (AvgIpc) is 3.46. The van der Waals surface area contributed by atoms with Crippen LogP contribution in [0.15, 0.2) is 71.4 Å². The van der Waals surface area contributed by atoms with Crippen LogP contribution in [-0.4, -0.2) is 68.0 Å². The van der Waals surface area contributed by atoms with Gasteiger partial charge in [-0.25, -0.2) is 14.5 Å². The molecule has 200 valence electrons. The molecule has 0 aromatic carbocycles. The lowest BCUT2D eigenvalue weighted by Crippen LogP contribution is -2.71. The van der Waals surface area contributed by atoms with E-state index in [0.717, 1.165) is 11.3 Å². The van der Waals surface area contributed by atoms with Crippen molar-refractivity contribution in [2.45, 2.75) is 36.9 Å². The van der Waals surface area contributed by atoms with Gasteiger partial charge in [0.05, 0.1) is 11.7 Å². The summed E-state index contributed by atoms with van der Waals surface area (Å²) >= 11 is 1.33. The molecule has 0 radical (unpaired) electrons.